The van der Waals surface area contributed by atoms with Crippen LogP contribution in [0.4, 0.5) is 0 Å². The number of rotatable bonds is 7. The van der Waals surface area contributed by atoms with Crippen molar-refractivity contribution >= 4 is 10.0 Å². The fraction of sp³-hybridized carbons (Fsp3) is 0.500. The lowest BCUT2D eigenvalue weighted by molar-refractivity contribution is 0.448. The third kappa shape index (κ3) is 3.01. The van der Waals surface area contributed by atoms with Crippen LogP contribution in [0.5, 0.6) is 0 Å². The van der Waals surface area contributed by atoms with Crippen LogP contribution in [0.15, 0.2) is 28.0 Å². The SMILES string of the molecule is C=CCN(CC)S(=O)(=O)c1cc(CNC)oc1C. The summed E-state index contributed by atoms with van der Waals surface area (Å²) in [6.45, 7) is 8.23. The average Bonchev–Trinajstić information content (AvgIpc) is 2.68. The Balaban J connectivity index is 3.14. The van der Waals surface area contributed by atoms with E-state index < -0.39 is 10.0 Å². The second-order valence-corrected chi connectivity index (χ2v) is 5.81. The summed E-state index contributed by atoms with van der Waals surface area (Å²) in [5, 5.41) is 2.93. The zero-order valence-corrected chi connectivity index (χ0v) is 11.9. The minimum absolute atomic E-state index is 0.233. The van der Waals surface area contributed by atoms with E-state index in [1.807, 2.05) is 0 Å². The molecule has 0 aliphatic rings. The lowest BCUT2D eigenvalue weighted by Gasteiger charge is -2.17. The smallest absolute Gasteiger partial charge is 0.246 e. The summed E-state index contributed by atoms with van der Waals surface area (Å²) in [6, 6.07) is 1.58. The summed E-state index contributed by atoms with van der Waals surface area (Å²) in [6.07, 6.45) is 1.57. The summed E-state index contributed by atoms with van der Waals surface area (Å²) in [5.74, 6) is 1.03. The highest BCUT2D eigenvalue weighted by atomic mass is 32.2. The van der Waals surface area contributed by atoms with Gasteiger partial charge in [-0.25, -0.2) is 8.42 Å². The number of nitrogens with zero attached hydrogens (tertiary/aromatic N) is 1. The second-order valence-electron chi connectivity index (χ2n) is 3.91. The van der Waals surface area contributed by atoms with Crippen LogP contribution in [0, 0.1) is 6.92 Å². The highest BCUT2D eigenvalue weighted by molar-refractivity contribution is 7.89. The molecule has 5 nitrogen and oxygen atoms in total. The molecule has 0 atom stereocenters. The van der Waals surface area contributed by atoms with Crippen molar-refractivity contribution in [2.75, 3.05) is 20.1 Å². The van der Waals surface area contributed by atoms with Crippen molar-refractivity contribution in [2.24, 2.45) is 0 Å². The van der Waals surface area contributed by atoms with E-state index in [-0.39, 0.29) is 4.90 Å². The van der Waals surface area contributed by atoms with E-state index in [1.165, 1.54) is 4.31 Å². The molecule has 1 aromatic rings. The van der Waals surface area contributed by atoms with Gasteiger partial charge in [-0.1, -0.05) is 13.0 Å². The van der Waals surface area contributed by atoms with Gasteiger partial charge >= 0.3 is 0 Å². The van der Waals surface area contributed by atoms with Gasteiger partial charge in [0.25, 0.3) is 0 Å². The maximum absolute atomic E-state index is 12.4. The zero-order valence-electron chi connectivity index (χ0n) is 11.1. The van der Waals surface area contributed by atoms with Crippen LogP contribution < -0.4 is 5.32 Å². The first-order valence-corrected chi connectivity index (χ1v) is 7.26. The first-order chi connectivity index (χ1) is 8.47. The summed E-state index contributed by atoms with van der Waals surface area (Å²) in [5.41, 5.74) is 0. The molecule has 1 aromatic heterocycles. The van der Waals surface area contributed by atoms with Crippen molar-refractivity contribution in [2.45, 2.75) is 25.3 Å². The highest BCUT2D eigenvalue weighted by Gasteiger charge is 2.26. The van der Waals surface area contributed by atoms with Gasteiger partial charge < -0.3 is 9.73 Å². The number of hydrogen-bond donors (Lipinski definition) is 1. The molecule has 0 aromatic carbocycles. The van der Waals surface area contributed by atoms with Crippen molar-refractivity contribution in [3.8, 4) is 0 Å². The minimum atomic E-state index is -3.50. The molecule has 1 heterocycles. The highest BCUT2D eigenvalue weighted by Crippen LogP contribution is 2.23. The van der Waals surface area contributed by atoms with E-state index in [0.29, 0.717) is 31.2 Å². The molecular weight excluding hydrogens is 252 g/mol. The largest absolute Gasteiger partial charge is 0.464 e. The molecule has 0 saturated carbocycles. The van der Waals surface area contributed by atoms with Crippen LogP contribution in [0.1, 0.15) is 18.4 Å². The maximum Gasteiger partial charge on any atom is 0.246 e. The summed E-state index contributed by atoms with van der Waals surface area (Å²) in [7, 11) is -1.72. The molecule has 1 N–H and O–H groups in total. The van der Waals surface area contributed by atoms with Crippen LogP contribution in [0.3, 0.4) is 0 Å². The fourth-order valence-corrected chi connectivity index (χ4v) is 3.33. The van der Waals surface area contributed by atoms with E-state index >= 15 is 0 Å². The van der Waals surface area contributed by atoms with Gasteiger partial charge in [-0.2, -0.15) is 4.31 Å². The molecule has 0 fully saturated rings. The normalized spacial score (nSPS) is 12.0. The van der Waals surface area contributed by atoms with Gasteiger partial charge in [0.15, 0.2) is 0 Å². The van der Waals surface area contributed by atoms with Gasteiger partial charge in [0, 0.05) is 19.2 Å². The van der Waals surface area contributed by atoms with Gasteiger partial charge in [0.1, 0.15) is 16.4 Å². The first kappa shape index (κ1) is 14.9. The molecule has 0 aliphatic carbocycles. The van der Waals surface area contributed by atoms with Crippen molar-refractivity contribution in [1.82, 2.24) is 9.62 Å². The summed E-state index contributed by atoms with van der Waals surface area (Å²) < 4.78 is 31.6. The quantitative estimate of drug-likeness (QED) is 0.764. The molecular formula is C12H20N2O3S. The third-order valence-electron chi connectivity index (χ3n) is 2.58. The maximum atomic E-state index is 12.4. The number of likely N-dealkylation sites (N-methyl/N-ethyl adjacent to an activating group) is 1. The molecule has 18 heavy (non-hydrogen) atoms. The Hall–Kier alpha value is -1.11. The van der Waals surface area contributed by atoms with E-state index in [1.54, 1.807) is 33.0 Å². The molecule has 0 amide bonds. The average molecular weight is 272 g/mol. The summed E-state index contributed by atoms with van der Waals surface area (Å²) in [4.78, 5) is 0.233. The van der Waals surface area contributed by atoms with Crippen LogP contribution in [0.25, 0.3) is 0 Å². The van der Waals surface area contributed by atoms with Gasteiger partial charge in [-0.05, 0) is 14.0 Å². The Morgan fingerprint density at radius 3 is 2.72 bits per heavy atom. The molecule has 102 valence electrons. The van der Waals surface area contributed by atoms with E-state index in [9.17, 15) is 8.42 Å². The molecule has 0 aliphatic heterocycles. The standard InChI is InChI=1S/C12H20N2O3S/c1-5-7-14(6-2)18(15,16)12-8-11(9-13-4)17-10(12)3/h5,8,13H,1,6-7,9H2,2-4H3. The molecule has 1 rings (SSSR count). The van der Waals surface area contributed by atoms with Crippen molar-refractivity contribution in [3.05, 3.63) is 30.2 Å². The lowest BCUT2D eigenvalue weighted by atomic mass is 10.4. The van der Waals surface area contributed by atoms with Crippen LogP contribution in [-0.4, -0.2) is 32.9 Å². The predicted molar refractivity (Wildman–Crippen MR) is 70.8 cm³/mol. The van der Waals surface area contributed by atoms with Gasteiger partial charge in [-0.15, -0.1) is 6.58 Å². The van der Waals surface area contributed by atoms with Crippen molar-refractivity contribution in [1.29, 1.82) is 0 Å². The topological polar surface area (TPSA) is 62.6 Å². The second kappa shape index (κ2) is 6.17. The first-order valence-electron chi connectivity index (χ1n) is 5.82. The van der Waals surface area contributed by atoms with Crippen molar-refractivity contribution < 1.29 is 12.8 Å². The van der Waals surface area contributed by atoms with Crippen LogP contribution >= 0.6 is 0 Å². The third-order valence-corrected chi connectivity index (χ3v) is 4.63. The Kier molecular flexibility index (Phi) is 5.13. The predicted octanol–water partition coefficient (Wildman–Crippen LogP) is 1.50. The van der Waals surface area contributed by atoms with Crippen molar-refractivity contribution in [3.63, 3.8) is 0 Å². The molecule has 0 bridgehead atoms. The molecule has 0 saturated heterocycles. The Labute approximate surface area is 109 Å². The molecule has 0 spiro atoms. The number of aryl methyl sites for hydroxylation is 1. The van der Waals surface area contributed by atoms with E-state index in [0.717, 1.165) is 0 Å². The number of furan rings is 1. The van der Waals surface area contributed by atoms with Gasteiger partial charge in [0.05, 0.1) is 6.54 Å². The van der Waals surface area contributed by atoms with Gasteiger partial charge in [-0.3, -0.25) is 0 Å². The van der Waals surface area contributed by atoms with Crippen LogP contribution in [0.2, 0.25) is 0 Å². The van der Waals surface area contributed by atoms with E-state index in [4.69, 9.17) is 4.42 Å². The molecule has 6 heteroatoms. The number of hydrogen-bond acceptors (Lipinski definition) is 4. The van der Waals surface area contributed by atoms with E-state index in [2.05, 4.69) is 11.9 Å². The Morgan fingerprint density at radius 2 is 2.22 bits per heavy atom. The zero-order chi connectivity index (χ0) is 13.8. The Morgan fingerprint density at radius 1 is 1.56 bits per heavy atom. The monoisotopic (exact) mass is 272 g/mol. The Bertz CT molecular complexity index is 505. The van der Waals surface area contributed by atoms with Crippen LogP contribution in [-0.2, 0) is 16.6 Å². The molecule has 0 radical (unpaired) electrons. The lowest BCUT2D eigenvalue weighted by Crippen LogP contribution is -2.31. The minimum Gasteiger partial charge on any atom is -0.464 e. The summed E-state index contributed by atoms with van der Waals surface area (Å²) >= 11 is 0. The number of sulfonamides is 1. The number of nitrogens with one attached hydrogen (secondary N) is 1. The van der Waals surface area contributed by atoms with Gasteiger partial charge in [0.2, 0.25) is 10.0 Å². The molecule has 0 unspecified atom stereocenters. The fourth-order valence-electron chi connectivity index (χ4n) is 1.72.